The third-order valence-electron chi connectivity index (χ3n) is 6.51. The molecular formula is C31H23FN4O2S3. The number of carbonyl (C=O) groups is 2. The Morgan fingerprint density at radius 1 is 0.732 bits per heavy atom. The van der Waals surface area contributed by atoms with Gasteiger partial charge in [-0.3, -0.25) is 9.59 Å². The molecule has 0 spiro atoms. The van der Waals surface area contributed by atoms with Crippen molar-refractivity contribution >= 4 is 78.7 Å². The summed E-state index contributed by atoms with van der Waals surface area (Å²) < 4.78 is 16.0. The Morgan fingerprint density at radius 3 is 1.93 bits per heavy atom. The lowest BCUT2D eigenvalue weighted by molar-refractivity contribution is -0.121. The van der Waals surface area contributed by atoms with E-state index in [0.29, 0.717) is 32.3 Å². The van der Waals surface area contributed by atoms with Crippen molar-refractivity contribution in [2.45, 2.75) is 6.17 Å². The molecule has 10 heteroatoms. The fourth-order valence-corrected chi connectivity index (χ4v) is 6.82. The smallest absolute Gasteiger partial charge is 0.265 e. The summed E-state index contributed by atoms with van der Waals surface area (Å²) in [5.41, 5.74) is 15.9. The maximum Gasteiger partial charge on any atom is 0.265 e. The molecule has 6 nitrogen and oxygen atoms in total. The van der Waals surface area contributed by atoms with Crippen LogP contribution in [-0.2, 0) is 4.79 Å². The highest BCUT2D eigenvalue weighted by atomic mass is 32.1. The average Bonchev–Trinajstić information content (AvgIpc) is 3.77. The van der Waals surface area contributed by atoms with Crippen LogP contribution in [0.1, 0.15) is 21.4 Å². The van der Waals surface area contributed by atoms with E-state index in [2.05, 4.69) is 10.6 Å². The molecule has 1 unspecified atom stereocenters. The minimum Gasteiger partial charge on any atom is -0.397 e. The van der Waals surface area contributed by atoms with Crippen LogP contribution in [-0.4, -0.2) is 11.8 Å². The first-order valence-electron chi connectivity index (χ1n) is 12.5. The molecule has 2 amide bonds. The second-order valence-electron chi connectivity index (χ2n) is 9.27. The molecule has 3 aromatic heterocycles. The summed E-state index contributed by atoms with van der Waals surface area (Å²) in [4.78, 5) is 28.5. The van der Waals surface area contributed by atoms with E-state index in [1.54, 1.807) is 65.1 Å². The van der Waals surface area contributed by atoms with E-state index in [-0.39, 0.29) is 11.5 Å². The number of rotatable bonds is 7. The van der Waals surface area contributed by atoms with Gasteiger partial charge in [-0.25, -0.2) is 4.39 Å². The molecule has 3 aromatic carbocycles. The number of amides is 2. The van der Waals surface area contributed by atoms with Crippen LogP contribution in [0.4, 0.5) is 27.1 Å². The number of halogens is 1. The van der Waals surface area contributed by atoms with Crippen molar-refractivity contribution in [1.82, 2.24) is 0 Å². The first kappa shape index (κ1) is 26.7. The summed E-state index contributed by atoms with van der Waals surface area (Å²) >= 11 is 4.37. The molecule has 6 aromatic rings. The zero-order valence-electron chi connectivity index (χ0n) is 21.4. The lowest BCUT2D eigenvalue weighted by Gasteiger charge is -2.13. The Labute approximate surface area is 247 Å². The van der Waals surface area contributed by atoms with Gasteiger partial charge in [-0.1, -0.05) is 36.4 Å². The fraction of sp³-hybridized carbons (Fsp3) is 0.0323. The molecule has 0 bridgehead atoms. The van der Waals surface area contributed by atoms with Crippen LogP contribution in [0.15, 0.2) is 95.7 Å². The van der Waals surface area contributed by atoms with Crippen molar-refractivity contribution in [3.63, 3.8) is 0 Å². The quantitative estimate of drug-likeness (QED) is 0.138. The number of thiophene rings is 3. The van der Waals surface area contributed by atoms with E-state index >= 15 is 4.39 Å². The number of nitrogen functional groups attached to an aromatic ring is 2. The van der Waals surface area contributed by atoms with Gasteiger partial charge in [-0.15, -0.1) is 34.0 Å². The Bertz CT molecular complexity index is 1880. The van der Waals surface area contributed by atoms with Gasteiger partial charge in [0.15, 0.2) is 0 Å². The van der Waals surface area contributed by atoms with E-state index in [1.807, 2.05) is 53.2 Å². The third kappa shape index (κ3) is 5.58. The Balaban J connectivity index is 1.19. The van der Waals surface area contributed by atoms with Crippen LogP contribution in [0.2, 0.25) is 0 Å². The lowest BCUT2D eigenvalue weighted by atomic mass is 10.1. The van der Waals surface area contributed by atoms with Gasteiger partial charge in [0.2, 0.25) is 6.17 Å². The summed E-state index contributed by atoms with van der Waals surface area (Å²) in [6, 6.07) is 25.3. The molecular weight excluding hydrogens is 576 g/mol. The molecule has 0 aliphatic carbocycles. The summed E-state index contributed by atoms with van der Waals surface area (Å²) in [5.74, 6) is -1.14. The van der Waals surface area contributed by atoms with Crippen molar-refractivity contribution in [2.24, 2.45) is 0 Å². The second kappa shape index (κ2) is 11.2. The van der Waals surface area contributed by atoms with Gasteiger partial charge in [0.1, 0.15) is 0 Å². The van der Waals surface area contributed by atoms with Crippen molar-refractivity contribution in [3.05, 3.63) is 106 Å². The highest BCUT2D eigenvalue weighted by molar-refractivity contribution is 7.21. The molecule has 204 valence electrons. The first-order chi connectivity index (χ1) is 19.9. The number of benzene rings is 3. The van der Waals surface area contributed by atoms with Gasteiger partial charge in [-0.2, -0.15) is 0 Å². The maximum atomic E-state index is 15.4. The number of nitrogens with two attached hydrogens (primary N) is 2. The highest BCUT2D eigenvalue weighted by Crippen LogP contribution is 2.34. The van der Waals surface area contributed by atoms with Gasteiger partial charge in [0.25, 0.3) is 11.8 Å². The predicted molar refractivity (Wildman–Crippen MR) is 171 cm³/mol. The minimum absolute atomic E-state index is 0.185. The number of anilines is 4. The monoisotopic (exact) mass is 598 g/mol. The second-order valence-corrected chi connectivity index (χ2v) is 12.3. The number of alkyl halides is 1. The summed E-state index contributed by atoms with van der Waals surface area (Å²) in [5, 5.41) is 10.2. The van der Waals surface area contributed by atoms with Crippen molar-refractivity contribution in [2.75, 3.05) is 22.1 Å². The zero-order chi connectivity index (χ0) is 28.5. The molecule has 0 radical (unpaired) electrons. The van der Waals surface area contributed by atoms with Gasteiger partial charge >= 0.3 is 0 Å². The normalized spacial score (nSPS) is 11.8. The summed E-state index contributed by atoms with van der Waals surface area (Å²) in [6.45, 7) is 0. The molecule has 1 atom stereocenters. The van der Waals surface area contributed by atoms with Crippen LogP contribution < -0.4 is 22.1 Å². The fourth-order valence-electron chi connectivity index (χ4n) is 4.37. The van der Waals surface area contributed by atoms with Gasteiger partial charge < -0.3 is 22.1 Å². The predicted octanol–water partition coefficient (Wildman–Crippen LogP) is 8.42. The van der Waals surface area contributed by atoms with E-state index in [0.717, 1.165) is 26.3 Å². The van der Waals surface area contributed by atoms with Crippen molar-refractivity contribution < 1.29 is 14.0 Å². The SMILES string of the molecule is Nc1ccc(-c2cccs2)cc1NC(=O)c1cc2ccc(C(F)C(=O)Nc3cc(-c4cccs4)ccc3N)cc2s1. The third-order valence-corrected chi connectivity index (χ3v) is 9.45. The van der Waals surface area contributed by atoms with E-state index in [1.165, 1.54) is 11.3 Å². The molecule has 0 fully saturated rings. The molecule has 6 rings (SSSR count). The molecule has 0 saturated carbocycles. The van der Waals surface area contributed by atoms with Crippen LogP contribution in [0.25, 0.3) is 31.0 Å². The number of fused-ring (bicyclic) bond motifs is 1. The van der Waals surface area contributed by atoms with Gasteiger partial charge in [0.05, 0.1) is 27.6 Å². The van der Waals surface area contributed by atoms with Crippen LogP contribution >= 0.6 is 34.0 Å². The average molecular weight is 599 g/mol. The van der Waals surface area contributed by atoms with E-state index < -0.39 is 12.1 Å². The standard InChI is InChI=1S/C31H23FN4O2S3/c32-29(31(38)36-24-14-18(8-10-22(24)34)26-4-2-12-40-26)20-6-5-19-15-28(41-27(19)16-20)30(37)35-23-13-17(7-9-21(23)33)25-3-1-11-39-25/h1-16,29H,33-34H2,(H,35,37)(H,36,38). The Morgan fingerprint density at radius 2 is 1.34 bits per heavy atom. The van der Waals surface area contributed by atoms with Gasteiger partial charge in [0, 0.05) is 14.5 Å². The number of carbonyl (C=O) groups excluding carboxylic acids is 2. The lowest BCUT2D eigenvalue weighted by Crippen LogP contribution is -2.18. The molecule has 41 heavy (non-hydrogen) atoms. The van der Waals surface area contributed by atoms with E-state index in [4.69, 9.17) is 11.5 Å². The topological polar surface area (TPSA) is 110 Å². The largest absolute Gasteiger partial charge is 0.397 e. The first-order valence-corrected chi connectivity index (χ1v) is 15.1. The number of hydrogen-bond donors (Lipinski definition) is 4. The molecule has 6 N–H and O–H groups in total. The number of nitrogens with one attached hydrogen (secondary N) is 2. The minimum atomic E-state index is -1.93. The van der Waals surface area contributed by atoms with Crippen LogP contribution in [0, 0.1) is 0 Å². The molecule has 0 aliphatic heterocycles. The Kier molecular flexibility index (Phi) is 7.27. The van der Waals surface area contributed by atoms with E-state index in [9.17, 15) is 9.59 Å². The molecule has 3 heterocycles. The maximum absolute atomic E-state index is 15.4. The van der Waals surface area contributed by atoms with Crippen LogP contribution in [0.5, 0.6) is 0 Å². The van der Waals surface area contributed by atoms with Crippen molar-refractivity contribution in [1.29, 1.82) is 0 Å². The number of hydrogen-bond acceptors (Lipinski definition) is 7. The summed E-state index contributed by atoms with van der Waals surface area (Å²) in [7, 11) is 0. The Hall–Kier alpha value is -4.51. The van der Waals surface area contributed by atoms with Gasteiger partial charge in [-0.05, 0) is 81.4 Å². The zero-order valence-corrected chi connectivity index (χ0v) is 23.8. The highest BCUT2D eigenvalue weighted by Gasteiger charge is 2.22. The molecule has 0 saturated heterocycles. The van der Waals surface area contributed by atoms with Crippen molar-refractivity contribution in [3.8, 4) is 20.9 Å². The summed E-state index contributed by atoms with van der Waals surface area (Å²) in [6.07, 6.45) is -1.93. The molecule has 0 aliphatic rings. The van der Waals surface area contributed by atoms with Crippen LogP contribution in [0.3, 0.4) is 0 Å².